The molecule has 0 saturated carbocycles. The van der Waals surface area contributed by atoms with Crippen LogP contribution in [0.3, 0.4) is 0 Å². The lowest BCUT2D eigenvalue weighted by Gasteiger charge is -2.15. The van der Waals surface area contributed by atoms with Crippen LogP contribution in [0.4, 0.5) is 0 Å². The number of allylic oxidation sites excluding steroid dienone is 1. The van der Waals surface area contributed by atoms with Crippen LogP contribution >= 0.6 is 46.4 Å². The van der Waals surface area contributed by atoms with Crippen molar-refractivity contribution < 1.29 is 0 Å². The normalized spacial score (nSPS) is 19.4. The maximum absolute atomic E-state index is 5.75. The standard InChI is InChI=1S/C5H6Cl4/c1-5(9,3-7)4(8)2-6/h2H,3H2,1H3. The van der Waals surface area contributed by atoms with E-state index in [0.717, 1.165) is 0 Å². The second-order valence-corrected chi connectivity index (χ2v) is 3.51. The Morgan fingerprint density at radius 3 is 2.22 bits per heavy atom. The molecule has 0 aromatic rings. The van der Waals surface area contributed by atoms with Crippen molar-refractivity contribution in [2.24, 2.45) is 0 Å². The lowest BCUT2D eigenvalue weighted by atomic mass is 10.2. The maximum atomic E-state index is 5.75. The molecule has 0 aliphatic heterocycles. The molecule has 0 aliphatic carbocycles. The summed E-state index contributed by atoms with van der Waals surface area (Å²) in [6.07, 6.45) is 0. The molecule has 9 heavy (non-hydrogen) atoms. The first-order valence-electron chi connectivity index (χ1n) is 2.26. The quantitative estimate of drug-likeness (QED) is 0.608. The van der Waals surface area contributed by atoms with E-state index in [2.05, 4.69) is 0 Å². The fourth-order valence-electron chi connectivity index (χ4n) is 0.178. The van der Waals surface area contributed by atoms with E-state index in [-0.39, 0.29) is 5.88 Å². The van der Waals surface area contributed by atoms with E-state index in [0.29, 0.717) is 5.03 Å². The Labute approximate surface area is 74.7 Å². The van der Waals surface area contributed by atoms with Gasteiger partial charge in [0, 0.05) is 11.4 Å². The molecule has 0 bridgehead atoms. The van der Waals surface area contributed by atoms with Crippen molar-refractivity contribution in [2.75, 3.05) is 5.88 Å². The third-order valence-electron chi connectivity index (χ3n) is 0.845. The summed E-state index contributed by atoms with van der Waals surface area (Å²) in [7, 11) is 0. The molecule has 0 aromatic heterocycles. The number of hydrogen-bond acceptors (Lipinski definition) is 0. The smallest absolute Gasteiger partial charge is 0.0916 e. The van der Waals surface area contributed by atoms with Crippen LogP contribution in [-0.2, 0) is 0 Å². The van der Waals surface area contributed by atoms with E-state index >= 15 is 0 Å². The van der Waals surface area contributed by atoms with E-state index in [1.807, 2.05) is 0 Å². The van der Waals surface area contributed by atoms with Gasteiger partial charge in [-0.1, -0.05) is 23.2 Å². The molecule has 0 N–H and O–H groups in total. The van der Waals surface area contributed by atoms with E-state index in [1.165, 1.54) is 5.54 Å². The molecule has 0 aliphatic rings. The third-order valence-corrected chi connectivity index (χ3v) is 2.81. The summed E-state index contributed by atoms with van der Waals surface area (Å²) < 4.78 is 0. The predicted molar refractivity (Wildman–Crippen MR) is 44.8 cm³/mol. The molecule has 0 heterocycles. The first-order valence-corrected chi connectivity index (χ1v) is 3.98. The van der Waals surface area contributed by atoms with Gasteiger partial charge in [-0.2, -0.15) is 0 Å². The van der Waals surface area contributed by atoms with Gasteiger partial charge in [0.15, 0.2) is 0 Å². The van der Waals surface area contributed by atoms with Crippen LogP contribution in [0, 0.1) is 0 Å². The lowest BCUT2D eigenvalue weighted by Crippen LogP contribution is -2.18. The van der Waals surface area contributed by atoms with E-state index in [9.17, 15) is 0 Å². The van der Waals surface area contributed by atoms with Crippen molar-refractivity contribution in [1.82, 2.24) is 0 Å². The Bertz CT molecular complexity index is 116. The second-order valence-electron chi connectivity index (χ2n) is 1.79. The molecule has 0 spiro atoms. The van der Waals surface area contributed by atoms with Crippen LogP contribution in [0.15, 0.2) is 10.6 Å². The molecule has 0 rings (SSSR count). The third kappa shape index (κ3) is 2.99. The van der Waals surface area contributed by atoms with Gasteiger partial charge < -0.3 is 0 Å². The highest BCUT2D eigenvalue weighted by molar-refractivity contribution is 6.44. The Morgan fingerprint density at radius 1 is 1.67 bits per heavy atom. The monoisotopic (exact) mass is 206 g/mol. The Balaban J connectivity index is 4.14. The van der Waals surface area contributed by atoms with Crippen LogP contribution in [0.25, 0.3) is 0 Å². The van der Waals surface area contributed by atoms with Crippen LogP contribution in [0.5, 0.6) is 0 Å². The average molecular weight is 208 g/mol. The molecule has 1 unspecified atom stereocenters. The fraction of sp³-hybridized carbons (Fsp3) is 0.600. The Morgan fingerprint density at radius 2 is 2.11 bits per heavy atom. The highest BCUT2D eigenvalue weighted by Crippen LogP contribution is 2.29. The summed E-state index contributed by atoms with van der Waals surface area (Å²) >= 11 is 22.1. The molecular weight excluding hydrogens is 202 g/mol. The summed E-state index contributed by atoms with van der Waals surface area (Å²) in [6.45, 7) is 1.70. The van der Waals surface area contributed by atoms with Gasteiger partial charge in [-0.25, -0.2) is 0 Å². The molecular formula is C5H6Cl4. The van der Waals surface area contributed by atoms with Crippen molar-refractivity contribution in [3.8, 4) is 0 Å². The predicted octanol–water partition coefficient (Wildman–Crippen LogP) is 3.54. The van der Waals surface area contributed by atoms with Gasteiger partial charge in [-0.15, -0.1) is 23.2 Å². The molecule has 0 fully saturated rings. The summed E-state index contributed by atoms with van der Waals surface area (Å²) in [5, 5.41) is 0.362. The van der Waals surface area contributed by atoms with Crippen molar-refractivity contribution in [2.45, 2.75) is 11.8 Å². The summed E-state index contributed by atoms with van der Waals surface area (Å²) in [5.74, 6) is 0.247. The molecule has 4 heteroatoms. The molecule has 0 saturated heterocycles. The minimum Gasteiger partial charge on any atom is -0.124 e. The van der Waals surface area contributed by atoms with Gasteiger partial charge in [0.25, 0.3) is 0 Å². The first kappa shape index (κ1) is 9.90. The van der Waals surface area contributed by atoms with Crippen molar-refractivity contribution in [3.63, 3.8) is 0 Å². The van der Waals surface area contributed by atoms with Crippen molar-refractivity contribution >= 4 is 46.4 Å². The zero-order chi connectivity index (χ0) is 7.49. The van der Waals surface area contributed by atoms with Gasteiger partial charge in [0.05, 0.1) is 9.91 Å². The number of halogens is 4. The minimum absolute atomic E-state index is 0.247. The SMILES string of the molecule is CC(Cl)(CCl)C(Cl)=CCl. The molecule has 0 aromatic carbocycles. The van der Waals surface area contributed by atoms with Crippen molar-refractivity contribution in [3.05, 3.63) is 10.6 Å². The Kier molecular flexibility index (Phi) is 4.31. The number of alkyl halides is 2. The number of rotatable bonds is 2. The van der Waals surface area contributed by atoms with Crippen LogP contribution in [0.1, 0.15) is 6.92 Å². The molecule has 0 nitrogen and oxygen atoms in total. The van der Waals surface area contributed by atoms with Crippen LogP contribution in [0.2, 0.25) is 0 Å². The van der Waals surface area contributed by atoms with Gasteiger partial charge in [-0.05, 0) is 6.92 Å². The van der Waals surface area contributed by atoms with Gasteiger partial charge >= 0.3 is 0 Å². The van der Waals surface area contributed by atoms with Crippen LogP contribution < -0.4 is 0 Å². The van der Waals surface area contributed by atoms with Gasteiger partial charge in [0.1, 0.15) is 0 Å². The molecule has 0 radical (unpaired) electrons. The summed E-state index contributed by atoms with van der Waals surface area (Å²) in [4.78, 5) is -0.717. The molecule has 0 amide bonds. The van der Waals surface area contributed by atoms with Gasteiger partial charge in [0.2, 0.25) is 0 Å². The van der Waals surface area contributed by atoms with E-state index < -0.39 is 4.87 Å². The highest BCUT2D eigenvalue weighted by Gasteiger charge is 2.23. The fourth-order valence-corrected chi connectivity index (χ4v) is 0.808. The highest BCUT2D eigenvalue weighted by atomic mass is 35.5. The molecule has 54 valence electrons. The topological polar surface area (TPSA) is 0 Å². The van der Waals surface area contributed by atoms with Gasteiger partial charge in [-0.3, -0.25) is 0 Å². The van der Waals surface area contributed by atoms with Crippen LogP contribution in [-0.4, -0.2) is 10.8 Å². The largest absolute Gasteiger partial charge is 0.124 e. The second kappa shape index (κ2) is 3.92. The van der Waals surface area contributed by atoms with E-state index in [4.69, 9.17) is 46.4 Å². The zero-order valence-corrected chi connectivity index (χ0v) is 7.82. The Hall–Kier alpha value is 0.900. The minimum atomic E-state index is -0.717. The lowest BCUT2D eigenvalue weighted by molar-refractivity contribution is 0.874. The number of hydrogen-bond donors (Lipinski definition) is 0. The maximum Gasteiger partial charge on any atom is 0.0916 e. The van der Waals surface area contributed by atoms with E-state index in [1.54, 1.807) is 6.92 Å². The van der Waals surface area contributed by atoms with Crippen molar-refractivity contribution in [1.29, 1.82) is 0 Å². The summed E-state index contributed by atoms with van der Waals surface area (Å²) in [5.41, 5.74) is 1.22. The average Bonchev–Trinajstić information content (AvgIpc) is 1.86. The molecule has 1 atom stereocenters. The first-order chi connectivity index (χ1) is 4.04. The summed E-state index contributed by atoms with van der Waals surface area (Å²) in [6, 6.07) is 0. The zero-order valence-electron chi connectivity index (χ0n) is 4.80.